The summed E-state index contributed by atoms with van der Waals surface area (Å²) in [6.07, 6.45) is 10.1. The summed E-state index contributed by atoms with van der Waals surface area (Å²) >= 11 is 0. The monoisotopic (exact) mass is 266 g/mol. The minimum Gasteiger partial charge on any atom is -0.352 e. The summed E-state index contributed by atoms with van der Waals surface area (Å²) in [4.78, 5) is 12.3. The molecule has 4 unspecified atom stereocenters. The lowest BCUT2D eigenvalue weighted by Crippen LogP contribution is -2.46. The van der Waals surface area contributed by atoms with Gasteiger partial charge in [-0.1, -0.05) is 39.0 Å². The molecule has 1 aliphatic carbocycles. The van der Waals surface area contributed by atoms with Crippen molar-refractivity contribution in [3.05, 3.63) is 0 Å². The van der Waals surface area contributed by atoms with Gasteiger partial charge >= 0.3 is 0 Å². The highest BCUT2D eigenvalue weighted by Gasteiger charge is 2.42. The third kappa shape index (κ3) is 3.95. The number of rotatable bonds is 7. The van der Waals surface area contributed by atoms with Gasteiger partial charge in [-0.05, 0) is 44.6 Å². The van der Waals surface area contributed by atoms with Crippen LogP contribution in [0.4, 0.5) is 0 Å². The maximum Gasteiger partial charge on any atom is 0.237 e. The summed E-state index contributed by atoms with van der Waals surface area (Å²) in [6.45, 7) is 5.42. The van der Waals surface area contributed by atoms with Crippen LogP contribution in [0.25, 0.3) is 0 Å². The summed E-state index contributed by atoms with van der Waals surface area (Å²) in [5.41, 5.74) is 0. The number of carbonyl (C=O) groups is 1. The Hall–Kier alpha value is -0.570. The molecule has 1 saturated heterocycles. The van der Waals surface area contributed by atoms with Crippen LogP contribution in [-0.2, 0) is 4.79 Å². The molecule has 0 spiro atoms. The molecule has 2 aliphatic rings. The molecular formula is C16H30N2O. The van der Waals surface area contributed by atoms with Gasteiger partial charge in [-0.2, -0.15) is 0 Å². The lowest BCUT2D eigenvalue weighted by atomic mass is 9.93. The van der Waals surface area contributed by atoms with Crippen LogP contribution in [0.1, 0.15) is 65.2 Å². The predicted octanol–water partition coefficient (Wildman–Crippen LogP) is 2.85. The maximum absolute atomic E-state index is 12.3. The Morgan fingerprint density at radius 1 is 1.32 bits per heavy atom. The number of hydrogen-bond donors (Lipinski definition) is 2. The molecule has 1 heterocycles. The van der Waals surface area contributed by atoms with Crippen molar-refractivity contribution in [3.63, 3.8) is 0 Å². The molecule has 1 amide bonds. The summed E-state index contributed by atoms with van der Waals surface area (Å²) < 4.78 is 0. The second-order valence-corrected chi connectivity index (χ2v) is 6.50. The molecule has 0 aromatic carbocycles. The van der Waals surface area contributed by atoms with E-state index in [0.717, 1.165) is 18.9 Å². The van der Waals surface area contributed by atoms with Crippen molar-refractivity contribution in [2.45, 2.75) is 77.3 Å². The normalized spacial score (nSPS) is 31.2. The zero-order chi connectivity index (χ0) is 13.7. The highest BCUT2D eigenvalue weighted by Crippen LogP contribution is 2.37. The molecule has 110 valence electrons. The fraction of sp³-hybridized carbons (Fsp3) is 0.938. The van der Waals surface area contributed by atoms with Crippen LogP contribution in [0, 0.1) is 11.8 Å². The molecule has 19 heavy (non-hydrogen) atoms. The molecule has 0 radical (unpaired) electrons. The molecule has 3 heteroatoms. The number of fused-ring (bicyclic) bond motifs is 1. The Kier molecular flexibility index (Phi) is 5.68. The van der Waals surface area contributed by atoms with E-state index in [1.165, 1.54) is 44.9 Å². The van der Waals surface area contributed by atoms with Gasteiger partial charge in [-0.3, -0.25) is 4.79 Å². The molecule has 3 nitrogen and oxygen atoms in total. The van der Waals surface area contributed by atoms with E-state index < -0.39 is 0 Å². The third-order valence-electron chi connectivity index (χ3n) is 4.91. The molecule has 0 bridgehead atoms. The Balaban J connectivity index is 1.68. The second-order valence-electron chi connectivity index (χ2n) is 6.50. The van der Waals surface area contributed by atoms with Crippen molar-refractivity contribution < 1.29 is 4.79 Å². The Morgan fingerprint density at radius 2 is 2.16 bits per heavy atom. The Bertz CT molecular complexity index is 292. The van der Waals surface area contributed by atoms with Gasteiger partial charge in [-0.25, -0.2) is 0 Å². The molecule has 2 fully saturated rings. The Morgan fingerprint density at radius 3 is 2.95 bits per heavy atom. The first kappa shape index (κ1) is 14.8. The molecule has 1 saturated carbocycles. The molecular weight excluding hydrogens is 236 g/mol. The highest BCUT2D eigenvalue weighted by molar-refractivity contribution is 5.82. The van der Waals surface area contributed by atoms with E-state index >= 15 is 0 Å². The lowest BCUT2D eigenvalue weighted by Gasteiger charge is -2.21. The molecule has 0 aromatic heterocycles. The topological polar surface area (TPSA) is 41.1 Å². The summed E-state index contributed by atoms with van der Waals surface area (Å²) in [5, 5.41) is 6.64. The molecule has 0 aromatic rings. The van der Waals surface area contributed by atoms with Crippen molar-refractivity contribution in [2.75, 3.05) is 6.54 Å². The first-order chi connectivity index (χ1) is 9.22. The van der Waals surface area contributed by atoms with Crippen molar-refractivity contribution in [3.8, 4) is 0 Å². The zero-order valence-electron chi connectivity index (χ0n) is 12.6. The first-order valence-electron chi connectivity index (χ1n) is 8.26. The summed E-state index contributed by atoms with van der Waals surface area (Å²) in [7, 11) is 0. The number of hydrogen-bond acceptors (Lipinski definition) is 2. The van der Waals surface area contributed by atoms with E-state index in [0.29, 0.717) is 12.0 Å². The fourth-order valence-corrected chi connectivity index (χ4v) is 3.76. The van der Waals surface area contributed by atoms with E-state index in [-0.39, 0.29) is 11.9 Å². The largest absolute Gasteiger partial charge is 0.352 e. The van der Waals surface area contributed by atoms with Crippen molar-refractivity contribution in [2.24, 2.45) is 11.8 Å². The van der Waals surface area contributed by atoms with Crippen molar-refractivity contribution in [1.82, 2.24) is 10.6 Å². The van der Waals surface area contributed by atoms with Crippen molar-refractivity contribution >= 4 is 5.91 Å². The number of amides is 1. The first-order valence-corrected chi connectivity index (χ1v) is 8.26. The maximum atomic E-state index is 12.3. The Labute approximate surface area is 117 Å². The van der Waals surface area contributed by atoms with Gasteiger partial charge in [0.05, 0.1) is 6.04 Å². The van der Waals surface area contributed by atoms with Gasteiger partial charge < -0.3 is 10.6 Å². The number of carbonyl (C=O) groups excluding carboxylic acids is 1. The van der Waals surface area contributed by atoms with Gasteiger partial charge in [0, 0.05) is 6.04 Å². The van der Waals surface area contributed by atoms with E-state index in [2.05, 4.69) is 24.5 Å². The highest BCUT2D eigenvalue weighted by atomic mass is 16.2. The van der Waals surface area contributed by atoms with Crippen LogP contribution < -0.4 is 10.6 Å². The van der Waals surface area contributed by atoms with E-state index in [9.17, 15) is 4.79 Å². The van der Waals surface area contributed by atoms with Gasteiger partial charge in [0.25, 0.3) is 0 Å². The summed E-state index contributed by atoms with van der Waals surface area (Å²) in [6, 6.07) is 0.414. The molecule has 2 N–H and O–H groups in total. The number of nitrogens with one attached hydrogen (secondary N) is 2. The van der Waals surface area contributed by atoms with Gasteiger partial charge in [0.15, 0.2) is 0 Å². The van der Waals surface area contributed by atoms with E-state index in [4.69, 9.17) is 0 Å². The molecule has 1 aliphatic heterocycles. The molecule has 4 atom stereocenters. The fourth-order valence-electron chi connectivity index (χ4n) is 3.76. The van der Waals surface area contributed by atoms with Gasteiger partial charge in [-0.15, -0.1) is 0 Å². The SMILES string of the molecule is CCCCCCC(C)NC(=O)C1NCC2CCCC21. The van der Waals surface area contributed by atoms with Gasteiger partial charge in [0.1, 0.15) is 0 Å². The second kappa shape index (κ2) is 7.28. The quantitative estimate of drug-likeness (QED) is 0.696. The average Bonchev–Trinajstić information content (AvgIpc) is 2.96. The standard InChI is InChI=1S/C16H30N2O/c1-3-4-5-6-8-12(2)18-16(19)15-14-10-7-9-13(14)11-17-15/h12-15,17H,3-11H2,1-2H3,(H,18,19). The van der Waals surface area contributed by atoms with Crippen LogP contribution >= 0.6 is 0 Å². The van der Waals surface area contributed by atoms with Crippen LogP contribution in [0.2, 0.25) is 0 Å². The third-order valence-corrected chi connectivity index (χ3v) is 4.91. The smallest absolute Gasteiger partial charge is 0.237 e. The van der Waals surface area contributed by atoms with Crippen LogP contribution in [0.5, 0.6) is 0 Å². The predicted molar refractivity (Wildman–Crippen MR) is 79.0 cm³/mol. The minimum absolute atomic E-state index is 0.0885. The molecule has 2 rings (SSSR count). The average molecular weight is 266 g/mol. The zero-order valence-corrected chi connectivity index (χ0v) is 12.6. The van der Waals surface area contributed by atoms with E-state index in [1.807, 2.05) is 0 Å². The van der Waals surface area contributed by atoms with Crippen molar-refractivity contribution in [1.29, 1.82) is 0 Å². The van der Waals surface area contributed by atoms with Gasteiger partial charge in [0.2, 0.25) is 5.91 Å². The van der Waals surface area contributed by atoms with Crippen LogP contribution in [0.3, 0.4) is 0 Å². The minimum atomic E-state index is 0.0885. The van der Waals surface area contributed by atoms with Crippen LogP contribution in [-0.4, -0.2) is 24.5 Å². The number of unbranched alkanes of at least 4 members (excludes halogenated alkanes) is 3. The van der Waals surface area contributed by atoms with Crippen LogP contribution in [0.15, 0.2) is 0 Å². The summed E-state index contributed by atoms with van der Waals surface area (Å²) in [5.74, 6) is 1.61. The lowest BCUT2D eigenvalue weighted by molar-refractivity contribution is -0.124. The van der Waals surface area contributed by atoms with E-state index in [1.54, 1.807) is 0 Å².